The van der Waals surface area contributed by atoms with Crippen LogP contribution in [0.1, 0.15) is 16.7 Å². The van der Waals surface area contributed by atoms with Gasteiger partial charge < -0.3 is 20.1 Å². The highest BCUT2D eigenvalue weighted by molar-refractivity contribution is 5.73. The Balaban J connectivity index is 1.48. The molecule has 2 aromatic rings. The van der Waals surface area contributed by atoms with Crippen LogP contribution in [-0.2, 0) is 13.1 Å². The molecule has 2 amide bonds. The standard InChI is InChI=1S/C18H20N2O3/c1-13-2-4-14(5-3-13)11-19-18(21)20-12-15-6-7-16-17(10-15)23-9-8-22-16/h2-7,10H,8-9,11-12H2,1H3,(H2,19,20,21). The van der Waals surface area contributed by atoms with Crippen LogP contribution in [0.25, 0.3) is 0 Å². The molecule has 2 aromatic carbocycles. The minimum absolute atomic E-state index is 0.194. The summed E-state index contributed by atoms with van der Waals surface area (Å²) in [5, 5.41) is 5.69. The number of carbonyl (C=O) groups is 1. The van der Waals surface area contributed by atoms with Gasteiger partial charge in [-0.25, -0.2) is 4.79 Å². The number of carbonyl (C=O) groups excluding carboxylic acids is 1. The van der Waals surface area contributed by atoms with Crippen LogP contribution >= 0.6 is 0 Å². The highest BCUT2D eigenvalue weighted by atomic mass is 16.6. The predicted octanol–water partition coefficient (Wildman–Crippen LogP) is 2.77. The maximum atomic E-state index is 11.9. The van der Waals surface area contributed by atoms with Gasteiger partial charge in [-0.1, -0.05) is 35.9 Å². The van der Waals surface area contributed by atoms with E-state index >= 15 is 0 Å². The molecule has 0 radical (unpaired) electrons. The molecule has 1 aliphatic rings. The average Bonchev–Trinajstić information content (AvgIpc) is 2.59. The minimum Gasteiger partial charge on any atom is -0.486 e. The summed E-state index contributed by atoms with van der Waals surface area (Å²) in [5.41, 5.74) is 3.25. The molecule has 0 aromatic heterocycles. The third kappa shape index (κ3) is 4.16. The molecule has 5 nitrogen and oxygen atoms in total. The Morgan fingerprint density at radius 1 is 0.913 bits per heavy atom. The molecule has 1 heterocycles. The first kappa shape index (κ1) is 15.2. The lowest BCUT2D eigenvalue weighted by Crippen LogP contribution is -2.34. The molecule has 0 bridgehead atoms. The van der Waals surface area contributed by atoms with Gasteiger partial charge in [-0.3, -0.25) is 0 Å². The lowest BCUT2D eigenvalue weighted by molar-refractivity contribution is 0.171. The van der Waals surface area contributed by atoms with Crippen LogP contribution < -0.4 is 20.1 Å². The van der Waals surface area contributed by atoms with Gasteiger partial charge in [0.2, 0.25) is 0 Å². The smallest absolute Gasteiger partial charge is 0.315 e. The molecule has 5 heteroatoms. The number of hydrogen-bond acceptors (Lipinski definition) is 3. The molecule has 120 valence electrons. The quantitative estimate of drug-likeness (QED) is 0.912. The second-order valence-electron chi connectivity index (χ2n) is 5.50. The normalized spacial score (nSPS) is 12.6. The van der Waals surface area contributed by atoms with E-state index in [-0.39, 0.29) is 6.03 Å². The van der Waals surface area contributed by atoms with E-state index in [2.05, 4.69) is 10.6 Å². The largest absolute Gasteiger partial charge is 0.486 e. The zero-order chi connectivity index (χ0) is 16.1. The number of aryl methyl sites for hydroxylation is 1. The SMILES string of the molecule is Cc1ccc(CNC(=O)NCc2ccc3c(c2)OCCO3)cc1. The second-order valence-corrected chi connectivity index (χ2v) is 5.50. The number of rotatable bonds is 4. The van der Waals surface area contributed by atoms with E-state index in [1.54, 1.807) is 0 Å². The summed E-state index contributed by atoms with van der Waals surface area (Å²) in [6.07, 6.45) is 0. The molecule has 1 aliphatic heterocycles. The van der Waals surface area contributed by atoms with Crippen LogP contribution in [0, 0.1) is 6.92 Å². The van der Waals surface area contributed by atoms with Crippen molar-refractivity contribution in [3.8, 4) is 11.5 Å². The zero-order valence-corrected chi connectivity index (χ0v) is 13.1. The number of nitrogens with one attached hydrogen (secondary N) is 2. The number of ether oxygens (including phenoxy) is 2. The maximum Gasteiger partial charge on any atom is 0.315 e. The number of amides is 2. The van der Waals surface area contributed by atoms with E-state index < -0.39 is 0 Å². The molecule has 0 saturated carbocycles. The summed E-state index contributed by atoms with van der Waals surface area (Å²) >= 11 is 0. The summed E-state index contributed by atoms with van der Waals surface area (Å²) in [6.45, 7) is 4.12. The van der Waals surface area contributed by atoms with Gasteiger partial charge in [0.15, 0.2) is 11.5 Å². The fourth-order valence-corrected chi connectivity index (χ4v) is 2.33. The first-order valence-electron chi connectivity index (χ1n) is 7.66. The van der Waals surface area contributed by atoms with Crippen molar-refractivity contribution in [3.63, 3.8) is 0 Å². The summed E-state index contributed by atoms with van der Waals surface area (Å²) in [7, 11) is 0. The van der Waals surface area contributed by atoms with Gasteiger partial charge in [0.1, 0.15) is 13.2 Å². The van der Waals surface area contributed by atoms with Crippen LogP contribution in [-0.4, -0.2) is 19.2 Å². The van der Waals surface area contributed by atoms with Crippen molar-refractivity contribution in [1.82, 2.24) is 10.6 Å². The van der Waals surface area contributed by atoms with Crippen molar-refractivity contribution < 1.29 is 14.3 Å². The monoisotopic (exact) mass is 312 g/mol. The van der Waals surface area contributed by atoms with Gasteiger partial charge in [-0.05, 0) is 30.2 Å². The third-order valence-corrected chi connectivity index (χ3v) is 3.63. The minimum atomic E-state index is -0.194. The van der Waals surface area contributed by atoms with Gasteiger partial charge in [0.25, 0.3) is 0 Å². The van der Waals surface area contributed by atoms with Gasteiger partial charge in [0.05, 0.1) is 0 Å². The van der Waals surface area contributed by atoms with Crippen molar-refractivity contribution in [1.29, 1.82) is 0 Å². The molecular weight excluding hydrogens is 292 g/mol. The first-order chi connectivity index (χ1) is 11.2. The maximum absolute atomic E-state index is 11.9. The molecule has 0 atom stereocenters. The summed E-state index contributed by atoms with van der Waals surface area (Å²) in [6, 6.07) is 13.6. The van der Waals surface area contributed by atoms with E-state index in [0.29, 0.717) is 26.3 Å². The lowest BCUT2D eigenvalue weighted by Gasteiger charge is -2.19. The number of hydrogen-bond donors (Lipinski definition) is 2. The van der Waals surface area contributed by atoms with Crippen molar-refractivity contribution in [2.75, 3.05) is 13.2 Å². The van der Waals surface area contributed by atoms with Gasteiger partial charge in [-0.2, -0.15) is 0 Å². The number of benzene rings is 2. The number of fused-ring (bicyclic) bond motifs is 1. The molecule has 0 saturated heterocycles. The zero-order valence-electron chi connectivity index (χ0n) is 13.1. The van der Waals surface area contributed by atoms with Crippen molar-refractivity contribution in [2.45, 2.75) is 20.0 Å². The molecular formula is C18H20N2O3. The summed E-state index contributed by atoms with van der Waals surface area (Å²) < 4.78 is 11.0. The van der Waals surface area contributed by atoms with Crippen LogP contribution in [0.15, 0.2) is 42.5 Å². The van der Waals surface area contributed by atoms with E-state index in [0.717, 1.165) is 22.6 Å². The third-order valence-electron chi connectivity index (χ3n) is 3.63. The Morgan fingerprint density at radius 2 is 1.52 bits per heavy atom. The fraction of sp³-hybridized carbons (Fsp3) is 0.278. The highest BCUT2D eigenvalue weighted by Gasteiger charge is 2.11. The van der Waals surface area contributed by atoms with E-state index in [4.69, 9.17) is 9.47 Å². The molecule has 0 aliphatic carbocycles. The van der Waals surface area contributed by atoms with E-state index in [1.807, 2.05) is 49.4 Å². The summed E-state index contributed by atoms with van der Waals surface area (Å²) in [5.74, 6) is 1.49. The van der Waals surface area contributed by atoms with E-state index in [1.165, 1.54) is 5.56 Å². The Labute approximate surface area is 135 Å². The second kappa shape index (κ2) is 7.05. The molecule has 2 N–H and O–H groups in total. The first-order valence-corrected chi connectivity index (χ1v) is 7.66. The number of urea groups is 1. The van der Waals surface area contributed by atoms with E-state index in [9.17, 15) is 4.79 Å². The van der Waals surface area contributed by atoms with Crippen molar-refractivity contribution >= 4 is 6.03 Å². The van der Waals surface area contributed by atoms with Gasteiger partial charge in [0, 0.05) is 13.1 Å². The lowest BCUT2D eigenvalue weighted by atomic mass is 10.1. The topological polar surface area (TPSA) is 59.6 Å². The Hall–Kier alpha value is -2.69. The Morgan fingerprint density at radius 3 is 2.26 bits per heavy atom. The van der Waals surface area contributed by atoms with Crippen LogP contribution in [0.3, 0.4) is 0 Å². The molecule has 0 fully saturated rings. The van der Waals surface area contributed by atoms with Gasteiger partial charge >= 0.3 is 6.03 Å². The van der Waals surface area contributed by atoms with Crippen molar-refractivity contribution in [3.05, 3.63) is 59.2 Å². The Bertz CT molecular complexity index is 683. The van der Waals surface area contributed by atoms with Crippen LogP contribution in [0.2, 0.25) is 0 Å². The fourth-order valence-electron chi connectivity index (χ4n) is 2.33. The average molecular weight is 312 g/mol. The van der Waals surface area contributed by atoms with Gasteiger partial charge in [-0.15, -0.1) is 0 Å². The summed E-state index contributed by atoms with van der Waals surface area (Å²) in [4.78, 5) is 11.9. The van der Waals surface area contributed by atoms with Crippen molar-refractivity contribution in [2.24, 2.45) is 0 Å². The predicted molar refractivity (Wildman–Crippen MR) is 87.7 cm³/mol. The molecule has 0 unspecified atom stereocenters. The van der Waals surface area contributed by atoms with Crippen LogP contribution in [0.5, 0.6) is 11.5 Å². The molecule has 0 spiro atoms. The molecule has 3 rings (SSSR count). The Kier molecular flexibility index (Phi) is 4.66. The highest BCUT2D eigenvalue weighted by Crippen LogP contribution is 2.30. The van der Waals surface area contributed by atoms with Crippen LogP contribution in [0.4, 0.5) is 4.79 Å². The molecule has 23 heavy (non-hydrogen) atoms.